The number of carboxylic acids is 1. The molecule has 0 aliphatic carbocycles. The highest BCUT2D eigenvalue weighted by Gasteiger charge is 2.44. The van der Waals surface area contributed by atoms with Gasteiger partial charge in [0.25, 0.3) is 0 Å². The number of fused-ring (bicyclic) bond motifs is 1. The molecule has 198 valence electrons. The summed E-state index contributed by atoms with van der Waals surface area (Å²) in [5.74, 6) is -0.659. The Kier molecular flexibility index (Phi) is 7.61. The molecule has 2 aromatic heterocycles. The molecule has 4 aromatic rings. The van der Waals surface area contributed by atoms with Gasteiger partial charge in [-0.2, -0.15) is 0 Å². The fraction of sp³-hybridized carbons (Fsp3) is 0.333. The summed E-state index contributed by atoms with van der Waals surface area (Å²) < 4.78 is 12.4. The first kappa shape index (κ1) is 25.7. The molecule has 1 saturated heterocycles. The number of ether oxygens (including phenoxy) is 2. The third-order valence-corrected chi connectivity index (χ3v) is 6.60. The second kappa shape index (κ2) is 11.2. The molecule has 0 bridgehead atoms. The molecule has 38 heavy (non-hydrogen) atoms. The van der Waals surface area contributed by atoms with Crippen LogP contribution in [-0.2, 0) is 20.7 Å². The van der Waals surface area contributed by atoms with E-state index in [0.717, 1.165) is 11.1 Å². The number of benzene rings is 2. The molecule has 3 heterocycles. The minimum atomic E-state index is -1.26. The zero-order chi connectivity index (χ0) is 26.6. The maximum absolute atomic E-state index is 11.5. The van der Waals surface area contributed by atoms with Gasteiger partial charge in [-0.05, 0) is 11.1 Å². The first-order valence-electron chi connectivity index (χ1n) is 12.3. The molecule has 0 amide bonds. The van der Waals surface area contributed by atoms with Gasteiger partial charge < -0.3 is 30.1 Å². The van der Waals surface area contributed by atoms with Gasteiger partial charge in [0.05, 0.1) is 12.9 Å². The zero-order valence-corrected chi connectivity index (χ0v) is 20.7. The summed E-state index contributed by atoms with van der Waals surface area (Å²) in [6.45, 7) is 0.546. The molecule has 5 rings (SSSR count). The van der Waals surface area contributed by atoms with Crippen molar-refractivity contribution in [1.82, 2.24) is 19.5 Å². The van der Waals surface area contributed by atoms with E-state index in [2.05, 4.69) is 44.5 Å². The van der Waals surface area contributed by atoms with Crippen LogP contribution in [0.3, 0.4) is 0 Å². The molecule has 1 aliphatic rings. The number of rotatable bonds is 10. The Hall–Kier alpha value is -3.90. The summed E-state index contributed by atoms with van der Waals surface area (Å²) in [6.07, 6.45) is -3.13. The lowest BCUT2D eigenvalue weighted by Gasteiger charge is -2.20. The number of aliphatic hydroxyl groups is 2. The Balaban J connectivity index is 1.51. The number of carbonyl (C=O) groups is 1. The van der Waals surface area contributed by atoms with Gasteiger partial charge in [0.15, 0.2) is 23.2 Å². The van der Waals surface area contributed by atoms with Crippen molar-refractivity contribution in [2.75, 3.05) is 25.6 Å². The fourth-order valence-electron chi connectivity index (χ4n) is 4.74. The summed E-state index contributed by atoms with van der Waals surface area (Å²) in [7, 11) is 1.48. The van der Waals surface area contributed by atoms with E-state index in [4.69, 9.17) is 9.47 Å². The Morgan fingerprint density at radius 2 is 1.71 bits per heavy atom. The molecule has 1 aliphatic heterocycles. The highest BCUT2D eigenvalue weighted by Crippen LogP contribution is 2.33. The van der Waals surface area contributed by atoms with Crippen molar-refractivity contribution in [2.24, 2.45) is 0 Å². The van der Waals surface area contributed by atoms with Crippen LogP contribution in [0.1, 0.15) is 29.1 Å². The normalized spacial score (nSPS) is 21.3. The highest BCUT2D eigenvalue weighted by atomic mass is 16.6. The standard InChI is InChI=1S/C27H29N5O6/c1-37-14-19-23(35)24(36)27(38-19)32-15-29-22-25(30-20(12-21(33)34)31-26(22)32)28-13-18(16-8-4-2-5-9-16)17-10-6-3-7-11-17/h2-11,15,18-19,23-24,27,35-36H,12-14H2,1H3,(H,33,34)(H,28,30,31)/t19-,23-,24+,27-/m1/s1. The van der Waals surface area contributed by atoms with Gasteiger partial charge in [0, 0.05) is 19.6 Å². The number of imidazole rings is 1. The largest absolute Gasteiger partial charge is 0.481 e. The molecule has 4 N–H and O–H groups in total. The van der Waals surface area contributed by atoms with E-state index in [9.17, 15) is 20.1 Å². The van der Waals surface area contributed by atoms with Gasteiger partial charge in [-0.1, -0.05) is 60.7 Å². The Bertz CT molecular complexity index is 1340. The van der Waals surface area contributed by atoms with Crippen LogP contribution in [-0.4, -0.2) is 79.4 Å². The number of aromatic nitrogens is 4. The van der Waals surface area contributed by atoms with Crippen LogP contribution >= 0.6 is 0 Å². The smallest absolute Gasteiger partial charge is 0.311 e. The number of nitrogens with one attached hydrogen (secondary N) is 1. The highest BCUT2D eigenvalue weighted by molar-refractivity contribution is 5.84. The molecule has 0 unspecified atom stereocenters. The van der Waals surface area contributed by atoms with Gasteiger partial charge in [-0.3, -0.25) is 9.36 Å². The quantitative estimate of drug-likeness (QED) is 0.245. The van der Waals surface area contributed by atoms with Crippen molar-refractivity contribution < 1.29 is 29.6 Å². The third kappa shape index (κ3) is 5.22. The molecule has 0 saturated carbocycles. The van der Waals surface area contributed by atoms with E-state index in [1.165, 1.54) is 18.0 Å². The van der Waals surface area contributed by atoms with Crippen molar-refractivity contribution in [2.45, 2.75) is 36.9 Å². The monoisotopic (exact) mass is 519 g/mol. The average molecular weight is 520 g/mol. The Labute approximate surface area is 218 Å². The predicted octanol–water partition coefficient (Wildman–Crippen LogP) is 1.96. The van der Waals surface area contributed by atoms with E-state index in [1.807, 2.05) is 36.4 Å². The Morgan fingerprint density at radius 3 is 2.32 bits per heavy atom. The number of hydrogen-bond acceptors (Lipinski definition) is 9. The van der Waals surface area contributed by atoms with Gasteiger partial charge in [0.1, 0.15) is 30.6 Å². The first-order valence-corrected chi connectivity index (χ1v) is 12.3. The maximum Gasteiger partial charge on any atom is 0.311 e. The van der Waals surface area contributed by atoms with Crippen LogP contribution in [0, 0.1) is 0 Å². The van der Waals surface area contributed by atoms with Crippen molar-refractivity contribution >= 4 is 23.0 Å². The summed E-state index contributed by atoms with van der Waals surface area (Å²) >= 11 is 0. The second-order valence-electron chi connectivity index (χ2n) is 9.14. The van der Waals surface area contributed by atoms with Crippen LogP contribution in [0.15, 0.2) is 67.0 Å². The number of aliphatic carboxylic acids is 1. The summed E-state index contributed by atoms with van der Waals surface area (Å²) in [6, 6.07) is 20.1. The van der Waals surface area contributed by atoms with Crippen LogP contribution in [0.2, 0.25) is 0 Å². The third-order valence-electron chi connectivity index (χ3n) is 6.60. The summed E-state index contributed by atoms with van der Waals surface area (Å²) in [5.41, 5.74) is 2.88. The van der Waals surface area contributed by atoms with Gasteiger partial charge in [-0.25, -0.2) is 15.0 Å². The van der Waals surface area contributed by atoms with Gasteiger partial charge in [-0.15, -0.1) is 0 Å². The number of carboxylic acid groups (broad SMARTS) is 1. The summed E-state index contributed by atoms with van der Waals surface area (Å²) in [4.78, 5) is 24.9. The van der Waals surface area contributed by atoms with E-state index < -0.39 is 36.9 Å². The van der Waals surface area contributed by atoms with Crippen LogP contribution < -0.4 is 5.32 Å². The molecular formula is C27H29N5O6. The molecule has 4 atom stereocenters. The molecule has 0 radical (unpaired) electrons. The van der Waals surface area contributed by atoms with Crippen molar-refractivity contribution in [3.63, 3.8) is 0 Å². The number of hydrogen-bond donors (Lipinski definition) is 4. The zero-order valence-electron chi connectivity index (χ0n) is 20.7. The van der Waals surface area contributed by atoms with E-state index in [0.29, 0.717) is 17.9 Å². The van der Waals surface area contributed by atoms with Crippen molar-refractivity contribution in [1.29, 1.82) is 0 Å². The molecule has 11 nitrogen and oxygen atoms in total. The fourth-order valence-corrected chi connectivity index (χ4v) is 4.74. The SMILES string of the molecule is COC[C@H]1O[C@@H](n2cnc3c(NCC(c4ccccc4)c4ccccc4)nc(CC(=O)O)nc32)[C@@H](O)[C@@H]1O. The lowest BCUT2D eigenvalue weighted by atomic mass is 9.91. The first-order chi connectivity index (χ1) is 18.5. The number of nitrogens with zero attached hydrogens (tertiary/aromatic N) is 4. The summed E-state index contributed by atoms with van der Waals surface area (Å²) in [5, 5.41) is 33.8. The number of methoxy groups -OCH3 is 1. The molecular weight excluding hydrogens is 490 g/mol. The molecule has 0 spiro atoms. The molecule has 11 heteroatoms. The van der Waals surface area contributed by atoms with E-state index >= 15 is 0 Å². The van der Waals surface area contributed by atoms with E-state index in [-0.39, 0.29) is 24.0 Å². The van der Waals surface area contributed by atoms with Crippen LogP contribution in [0.25, 0.3) is 11.2 Å². The Morgan fingerprint density at radius 1 is 1.05 bits per heavy atom. The topological polar surface area (TPSA) is 152 Å². The van der Waals surface area contributed by atoms with Crippen LogP contribution in [0.4, 0.5) is 5.82 Å². The second-order valence-corrected chi connectivity index (χ2v) is 9.14. The van der Waals surface area contributed by atoms with Crippen molar-refractivity contribution in [3.8, 4) is 0 Å². The predicted molar refractivity (Wildman–Crippen MR) is 138 cm³/mol. The number of anilines is 1. The maximum atomic E-state index is 11.5. The van der Waals surface area contributed by atoms with Crippen LogP contribution in [0.5, 0.6) is 0 Å². The lowest BCUT2D eigenvalue weighted by molar-refractivity contribution is -0.136. The minimum absolute atomic E-state index is 0.0163. The minimum Gasteiger partial charge on any atom is -0.481 e. The van der Waals surface area contributed by atoms with Gasteiger partial charge in [0.2, 0.25) is 0 Å². The molecule has 2 aromatic carbocycles. The average Bonchev–Trinajstić information content (AvgIpc) is 3.46. The number of aliphatic hydroxyl groups excluding tert-OH is 2. The van der Waals surface area contributed by atoms with Gasteiger partial charge >= 0.3 is 5.97 Å². The van der Waals surface area contributed by atoms with E-state index in [1.54, 1.807) is 0 Å². The lowest BCUT2D eigenvalue weighted by Crippen LogP contribution is -2.33. The molecule has 1 fully saturated rings. The van der Waals surface area contributed by atoms with Crippen molar-refractivity contribution in [3.05, 3.63) is 83.9 Å².